The Morgan fingerprint density at radius 2 is 1.76 bits per heavy atom. The van der Waals surface area contributed by atoms with Gasteiger partial charge in [-0.1, -0.05) is 0 Å². The predicted octanol–water partition coefficient (Wildman–Crippen LogP) is 2.16. The molecular formula is C24H26F4N4O2. The molecule has 2 aromatic rings. The number of carbonyl (C=O) groups excluding carboxylic acids is 2. The normalized spacial score (nSPS) is 17.4. The molecule has 3 N–H and O–H groups in total. The molecule has 34 heavy (non-hydrogen) atoms. The summed E-state index contributed by atoms with van der Waals surface area (Å²) in [6.07, 6.45) is 1.39. The number of anilines is 1. The molecule has 1 saturated heterocycles. The second kappa shape index (κ2) is 9.61. The van der Waals surface area contributed by atoms with E-state index in [-0.39, 0.29) is 29.8 Å². The van der Waals surface area contributed by atoms with Gasteiger partial charge in [-0.25, -0.2) is 17.6 Å². The molecule has 0 radical (unpaired) electrons. The van der Waals surface area contributed by atoms with Gasteiger partial charge in [0, 0.05) is 31.1 Å². The molecule has 2 aliphatic heterocycles. The first-order chi connectivity index (χ1) is 16.2. The van der Waals surface area contributed by atoms with Gasteiger partial charge in [0.15, 0.2) is 17.5 Å². The Hall–Kier alpha value is -3.14. The quantitative estimate of drug-likeness (QED) is 0.440. The van der Waals surface area contributed by atoms with Crippen LogP contribution in [0.5, 0.6) is 0 Å². The summed E-state index contributed by atoms with van der Waals surface area (Å²) in [5.74, 6) is -5.70. The lowest BCUT2D eigenvalue weighted by atomic mass is 9.75. The number of nitrogens with one attached hydrogen (secondary N) is 3. The first kappa shape index (κ1) is 24.0. The van der Waals surface area contributed by atoms with Crippen LogP contribution in [-0.2, 0) is 21.4 Å². The monoisotopic (exact) mass is 478 g/mol. The Bertz CT molecular complexity index is 1080. The van der Waals surface area contributed by atoms with Crippen LogP contribution in [0.2, 0.25) is 0 Å². The number of benzene rings is 2. The molecular weight excluding hydrogens is 452 g/mol. The van der Waals surface area contributed by atoms with E-state index in [4.69, 9.17) is 0 Å². The molecule has 2 aromatic carbocycles. The zero-order valence-corrected chi connectivity index (χ0v) is 18.7. The number of rotatable bonds is 6. The largest absolute Gasteiger partial charge is 0.361 e. The average Bonchev–Trinajstić information content (AvgIpc) is 3.08. The molecule has 1 atom stereocenters. The highest BCUT2D eigenvalue weighted by molar-refractivity contribution is 5.90. The van der Waals surface area contributed by atoms with Gasteiger partial charge in [-0.05, 0) is 67.4 Å². The molecule has 2 amide bonds. The zero-order chi connectivity index (χ0) is 24.5. The molecule has 10 heteroatoms. The van der Waals surface area contributed by atoms with E-state index in [1.807, 2.05) is 4.90 Å². The zero-order valence-electron chi connectivity index (χ0n) is 18.7. The van der Waals surface area contributed by atoms with Crippen molar-refractivity contribution in [3.63, 3.8) is 0 Å². The average molecular weight is 478 g/mol. The van der Waals surface area contributed by atoms with Crippen molar-refractivity contribution >= 4 is 17.5 Å². The predicted molar refractivity (Wildman–Crippen MR) is 118 cm³/mol. The van der Waals surface area contributed by atoms with Crippen LogP contribution in [0, 0.1) is 23.3 Å². The standard InChI is InChI=1S/C24H26F4N4O2/c1-29-23(34)19(10-14-8-17(26)22(28)18(27)9-14)31-21(33)12-32-13-24(4-6-30-7-5-24)16-11-15(25)2-3-20(16)32/h2-3,8-9,11,19,30H,4-7,10,12-13H2,1H3,(H,29,34)(H,31,33)/t19-/m1/s1. The van der Waals surface area contributed by atoms with Crippen molar-refractivity contribution in [1.82, 2.24) is 16.0 Å². The van der Waals surface area contributed by atoms with Crippen LogP contribution in [-0.4, -0.2) is 51.1 Å². The molecule has 1 spiro atoms. The Morgan fingerprint density at radius 1 is 1.09 bits per heavy atom. The Labute approximate surface area is 194 Å². The third-order valence-electron chi connectivity index (χ3n) is 6.64. The number of carbonyl (C=O) groups is 2. The third-order valence-corrected chi connectivity index (χ3v) is 6.64. The van der Waals surface area contributed by atoms with Crippen molar-refractivity contribution in [3.05, 3.63) is 64.7 Å². The van der Waals surface area contributed by atoms with E-state index in [0.717, 1.165) is 49.3 Å². The number of nitrogens with zero attached hydrogens (tertiary/aromatic N) is 1. The van der Waals surface area contributed by atoms with E-state index in [1.165, 1.54) is 19.2 Å². The van der Waals surface area contributed by atoms with Crippen LogP contribution in [0.3, 0.4) is 0 Å². The summed E-state index contributed by atoms with van der Waals surface area (Å²) in [7, 11) is 1.37. The molecule has 0 aliphatic carbocycles. The van der Waals surface area contributed by atoms with Crippen LogP contribution >= 0.6 is 0 Å². The number of hydrogen-bond donors (Lipinski definition) is 3. The number of hydrogen-bond acceptors (Lipinski definition) is 4. The summed E-state index contributed by atoms with van der Waals surface area (Å²) in [6.45, 7) is 2.05. The second-order valence-electron chi connectivity index (χ2n) is 8.86. The van der Waals surface area contributed by atoms with Gasteiger partial charge in [-0.2, -0.15) is 0 Å². The van der Waals surface area contributed by atoms with Gasteiger partial charge in [-0.3, -0.25) is 9.59 Å². The number of piperidine rings is 1. The lowest BCUT2D eigenvalue weighted by Crippen LogP contribution is -2.50. The van der Waals surface area contributed by atoms with Gasteiger partial charge in [0.25, 0.3) is 0 Å². The van der Waals surface area contributed by atoms with Crippen LogP contribution in [0.25, 0.3) is 0 Å². The van der Waals surface area contributed by atoms with E-state index in [2.05, 4.69) is 16.0 Å². The van der Waals surface area contributed by atoms with Crippen LogP contribution in [0.15, 0.2) is 30.3 Å². The number of halogens is 4. The fraction of sp³-hybridized carbons (Fsp3) is 0.417. The van der Waals surface area contributed by atoms with E-state index in [1.54, 1.807) is 6.07 Å². The van der Waals surface area contributed by atoms with Crippen molar-refractivity contribution in [2.24, 2.45) is 0 Å². The Morgan fingerprint density at radius 3 is 2.41 bits per heavy atom. The van der Waals surface area contributed by atoms with Gasteiger partial charge >= 0.3 is 0 Å². The van der Waals surface area contributed by atoms with Crippen LogP contribution in [0.1, 0.15) is 24.0 Å². The minimum atomic E-state index is -1.60. The summed E-state index contributed by atoms with van der Waals surface area (Å²) in [4.78, 5) is 27.2. The van der Waals surface area contributed by atoms with Crippen molar-refractivity contribution in [2.75, 3.05) is 38.1 Å². The van der Waals surface area contributed by atoms with Crippen molar-refractivity contribution in [2.45, 2.75) is 30.7 Å². The highest BCUT2D eigenvalue weighted by Gasteiger charge is 2.44. The molecule has 6 nitrogen and oxygen atoms in total. The lowest BCUT2D eigenvalue weighted by Gasteiger charge is -2.35. The van der Waals surface area contributed by atoms with E-state index in [0.29, 0.717) is 6.54 Å². The van der Waals surface area contributed by atoms with Crippen LogP contribution in [0.4, 0.5) is 23.2 Å². The minimum Gasteiger partial charge on any atom is -0.361 e. The van der Waals surface area contributed by atoms with Gasteiger partial charge in [0.1, 0.15) is 11.9 Å². The number of fused-ring (bicyclic) bond motifs is 2. The topological polar surface area (TPSA) is 73.5 Å². The maximum atomic E-state index is 14.0. The van der Waals surface area contributed by atoms with Crippen LogP contribution < -0.4 is 20.9 Å². The molecule has 0 unspecified atom stereocenters. The summed E-state index contributed by atoms with van der Waals surface area (Å²) in [6, 6.07) is 5.02. The fourth-order valence-corrected chi connectivity index (χ4v) is 4.98. The minimum absolute atomic E-state index is 0.0287. The van der Waals surface area contributed by atoms with Gasteiger partial charge in [0.2, 0.25) is 11.8 Å². The van der Waals surface area contributed by atoms with Gasteiger partial charge in [0.05, 0.1) is 6.54 Å². The molecule has 0 saturated carbocycles. The molecule has 0 bridgehead atoms. The molecule has 182 valence electrons. The maximum absolute atomic E-state index is 14.0. The van der Waals surface area contributed by atoms with Crippen molar-refractivity contribution in [3.8, 4) is 0 Å². The van der Waals surface area contributed by atoms with Gasteiger partial charge < -0.3 is 20.9 Å². The highest BCUT2D eigenvalue weighted by Crippen LogP contribution is 2.46. The molecule has 0 aromatic heterocycles. The highest BCUT2D eigenvalue weighted by atomic mass is 19.2. The van der Waals surface area contributed by atoms with Crippen molar-refractivity contribution in [1.29, 1.82) is 0 Å². The SMILES string of the molecule is CNC(=O)[C@@H](Cc1cc(F)c(F)c(F)c1)NC(=O)CN1CC2(CCNCC2)c2cc(F)ccc21. The van der Waals surface area contributed by atoms with Crippen molar-refractivity contribution < 1.29 is 27.2 Å². The van der Waals surface area contributed by atoms with E-state index >= 15 is 0 Å². The van der Waals surface area contributed by atoms with E-state index in [9.17, 15) is 27.2 Å². The first-order valence-corrected chi connectivity index (χ1v) is 11.1. The molecule has 1 fully saturated rings. The molecule has 2 heterocycles. The smallest absolute Gasteiger partial charge is 0.242 e. The lowest BCUT2D eigenvalue weighted by molar-refractivity contribution is -0.128. The Kier molecular flexibility index (Phi) is 6.79. The van der Waals surface area contributed by atoms with E-state index < -0.39 is 35.3 Å². The molecule has 2 aliphatic rings. The third kappa shape index (κ3) is 4.72. The number of amides is 2. The maximum Gasteiger partial charge on any atom is 0.242 e. The summed E-state index contributed by atoms with van der Waals surface area (Å²) in [5, 5.41) is 8.33. The second-order valence-corrected chi connectivity index (χ2v) is 8.86. The summed E-state index contributed by atoms with van der Waals surface area (Å²) >= 11 is 0. The van der Waals surface area contributed by atoms with Gasteiger partial charge in [-0.15, -0.1) is 0 Å². The number of likely N-dealkylation sites (N-methyl/N-ethyl adjacent to an activating group) is 1. The Balaban J connectivity index is 1.50. The molecule has 4 rings (SSSR count). The summed E-state index contributed by atoms with van der Waals surface area (Å²) in [5.41, 5.74) is 1.42. The summed E-state index contributed by atoms with van der Waals surface area (Å²) < 4.78 is 54.5. The fourth-order valence-electron chi connectivity index (χ4n) is 4.98. The first-order valence-electron chi connectivity index (χ1n) is 11.1.